The number of rotatable bonds is 1. The summed E-state index contributed by atoms with van der Waals surface area (Å²) in [5.74, 6) is 0. The van der Waals surface area contributed by atoms with E-state index in [0.717, 1.165) is 11.2 Å². The second kappa shape index (κ2) is 3.92. The van der Waals surface area contributed by atoms with Gasteiger partial charge < -0.3 is 10.7 Å². The summed E-state index contributed by atoms with van der Waals surface area (Å²) in [6.07, 6.45) is 0. The number of hydrogen-bond donors (Lipinski definition) is 2. The fraction of sp³-hybridized carbons (Fsp3) is 0. The van der Waals surface area contributed by atoms with E-state index in [0.29, 0.717) is 16.2 Å². The lowest BCUT2D eigenvalue weighted by atomic mass is 10.2. The van der Waals surface area contributed by atoms with Crippen LogP contribution in [0.15, 0.2) is 47.3 Å². The van der Waals surface area contributed by atoms with Crippen molar-refractivity contribution in [3.05, 3.63) is 58.0 Å². The molecule has 4 nitrogen and oxygen atoms in total. The third kappa shape index (κ3) is 1.58. The van der Waals surface area contributed by atoms with Gasteiger partial charge in [0.15, 0.2) is 0 Å². The van der Waals surface area contributed by atoms with E-state index in [1.807, 2.05) is 12.1 Å². The normalized spacial score (nSPS) is 10.9. The van der Waals surface area contributed by atoms with E-state index >= 15 is 0 Å². The zero-order chi connectivity index (χ0) is 12.7. The minimum atomic E-state index is -0.217. The lowest BCUT2D eigenvalue weighted by Crippen LogP contribution is -2.14. The molecule has 3 rings (SSSR count). The lowest BCUT2D eigenvalue weighted by molar-refractivity contribution is 1.02. The van der Waals surface area contributed by atoms with Crippen molar-refractivity contribution in [1.82, 2.24) is 9.55 Å². The third-order valence-corrected chi connectivity index (χ3v) is 3.09. The second-order valence-corrected chi connectivity index (χ2v) is 4.42. The molecule has 18 heavy (non-hydrogen) atoms. The first kappa shape index (κ1) is 10.9. The maximum atomic E-state index is 12.0. The van der Waals surface area contributed by atoms with Gasteiger partial charge in [0.25, 0.3) is 0 Å². The molecule has 0 radical (unpaired) electrons. The molecule has 0 unspecified atom stereocenters. The number of halogens is 1. The molecule has 1 aromatic heterocycles. The summed E-state index contributed by atoms with van der Waals surface area (Å²) in [7, 11) is 0. The Morgan fingerprint density at radius 1 is 1.11 bits per heavy atom. The van der Waals surface area contributed by atoms with Crippen molar-refractivity contribution in [3.63, 3.8) is 0 Å². The number of H-pyrrole nitrogens is 1. The van der Waals surface area contributed by atoms with Crippen LogP contribution in [0.4, 0.5) is 5.69 Å². The molecular weight excluding hydrogens is 250 g/mol. The summed E-state index contributed by atoms with van der Waals surface area (Å²) in [5, 5.41) is 0.631. The van der Waals surface area contributed by atoms with Crippen LogP contribution in [0.25, 0.3) is 16.7 Å². The Balaban J connectivity index is 2.35. The van der Waals surface area contributed by atoms with Gasteiger partial charge in [-0.3, -0.25) is 4.57 Å². The Kier molecular flexibility index (Phi) is 2.38. The van der Waals surface area contributed by atoms with Crippen molar-refractivity contribution in [1.29, 1.82) is 0 Å². The van der Waals surface area contributed by atoms with E-state index in [1.54, 1.807) is 34.9 Å². The fourth-order valence-corrected chi connectivity index (χ4v) is 2.12. The molecule has 0 amide bonds. The molecule has 2 aromatic carbocycles. The van der Waals surface area contributed by atoms with Crippen molar-refractivity contribution in [2.24, 2.45) is 0 Å². The van der Waals surface area contributed by atoms with Crippen LogP contribution in [-0.4, -0.2) is 9.55 Å². The van der Waals surface area contributed by atoms with Crippen LogP contribution < -0.4 is 11.4 Å². The van der Waals surface area contributed by atoms with Crippen LogP contribution >= 0.6 is 11.6 Å². The minimum absolute atomic E-state index is 0.217. The first-order valence-corrected chi connectivity index (χ1v) is 5.80. The number of fused-ring (bicyclic) bond motifs is 1. The van der Waals surface area contributed by atoms with Crippen molar-refractivity contribution in [2.75, 3.05) is 5.73 Å². The van der Waals surface area contributed by atoms with Crippen LogP contribution in [0.2, 0.25) is 5.02 Å². The Bertz CT molecular complexity index is 771. The summed E-state index contributed by atoms with van der Waals surface area (Å²) in [4.78, 5) is 14.8. The molecule has 0 atom stereocenters. The van der Waals surface area contributed by atoms with Crippen LogP contribution in [0.3, 0.4) is 0 Å². The van der Waals surface area contributed by atoms with Gasteiger partial charge in [0.1, 0.15) is 0 Å². The van der Waals surface area contributed by atoms with Gasteiger partial charge in [-0.15, -0.1) is 0 Å². The number of benzene rings is 2. The van der Waals surface area contributed by atoms with Gasteiger partial charge in [0.05, 0.1) is 22.4 Å². The van der Waals surface area contributed by atoms with Gasteiger partial charge in [-0.2, -0.15) is 0 Å². The van der Waals surface area contributed by atoms with Gasteiger partial charge in [0.2, 0.25) is 0 Å². The number of hydrogen-bond acceptors (Lipinski definition) is 2. The predicted molar refractivity (Wildman–Crippen MR) is 73.3 cm³/mol. The average Bonchev–Trinajstić information content (AvgIpc) is 2.69. The number of nitrogen functional groups attached to an aromatic ring is 1. The molecule has 0 spiro atoms. The van der Waals surface area contributed by atoms with E-state index < -0.39 is 0 Å². The average molecular weight is 260 g/mol. The summed E-state index contributed by atoms with van der Waals surface area (Å²) < 4.78 is 1.57. The van der Waals surface area contributed by atoms with Crippen molar-refractivity contribution in [2.45, 2.75) is 0 Å². The zero-order valence-electron chi connectivity index (χ0n) is 9.35. The maximum Gasteiger partial charge on any atom is 0.331 e. The van der Waals surface area contributed by atoms with E-state index in [1.165, 1.54) is 0 Å². The van der Waals surface area contributed by atoms with Gasteiger partial charge in [-0.1, -0.05) is 17.7 Å². The predicted octanol–water partition coefficient (Wildman–Crippen LogP) is 2.55. The highest BCUT2D eigenvalue weighted by molar-refractivity contribution is 6.30. The van der Waals surface area contributed by atoms with E-state index in [-0.39, 0.29) is 5.69 Å². The van der Waals surface area contributed by atoms with Crippen molar-refractivity contribution >= 4 is 28.3 Å². The standard InChI is InChI=1S/C13H10ClN3O/c14-8-4-6-9(7-5-8)17-11-3-1-2-10(15)12(11)16-13(17)18/h1-7H,15H2,(H,16,18). The first-order chi connectivity index (χ1) is 8.66. The maximum absolute atomic E-state index is 12.0. The van der Waals surface area contributed by atoms with Crippen LogP contribution in [0.5, 0.6) is 0 Å². The highest BCUT2D eigenvalue weighted by Crippen LogP contribution is 2.21. The SMILES string of the molecule is Nc1cccc2c1[nH]c(=O)n2-c1ccc(Cl)cc1. The Labute approximate surface area is 108 Å². The Morgan fingerprint density at radius 3 is 2.56 bits per heavy atom. The molecular formula is C13H10ClN3O. The molecule has 3 aromatic rings. The third-order valence-electron chi connectivity index (χ3n) is 2.84. The number of aromatic nitrogens is 2. The largest absolute Gasteiger partial charge is 0.397 e. The second-order valence-electron chi connectivity index (χ2n) is 3.98. The van der Waals surface area contributed by atoms with Crippen molar-refractivity contribution < 1.29 is 0 Å². The Morgan fingerprint density at radius 2 is 1.83 bits per heavy atom. The molecule has 0 saturated carbocycles. The summed E-state index contributed by atoms with van der Waals surface area (Å²) in [5.41, 5.74) is 8.33. The number of nitrogens with zero attached hydrogens (tertiary/aromatic N) is 1. The fourth-order valence-electron chi connectivity index (χ4n) is 2.00. The Hall–Kier alpha value is -2.20. The summed E-state index contributed by atoms with van der Waals surface area (Å²) in [6, 6.07) is 12.5. The number of anilines is 1. The highest BCUT2D eigenvalue weighted by Gasteiger charge is 2.09. The number of nitrogens with one attached hydrogen (secondary N) is 1. The quantitative estimate of drug-likeness (QED) is 0.660. The number of aromatic amines is 1. The zero-order valence-corrected chi connectivity index (χ0v) is 10.1. The molecule has 3 N–H and O–H groups in total. The van der Waals surface area contributed by atoms with Gasteiger partial charge >= 0.3 is 5.69 Å². The topological polar surface area (TPSA) is 63.8 Å². The molecule has 90 valence electrons. The molecule has 0 saturated heterocycles. The number of imidazole rings is 1. The van der Waals surface area contributed by atoms with Gasteiger partial charge in [-0.05, 0) is 36.4 Å². The molecule has 0 aliphatic rings. The molecule has 0 aliphatic carbocycles. The summed E-state index contributed by atoms with van der Waals surface area (Å²) in [6.45, 7) is 0. The molecule has 0 fully saturated rings. The van der Waals surface area contributed by atoms with Crippen molar-refractivity contribution in [3.8, 4) is 5.69 Å². The highest BCUT2D eigenvalue weighted by atomic mass is 35.5. The van der Waals surface area contributed by atoms with Crippen LogP contribution in [0.1, 0.15) is 0 Å². The van der Waals surface area contributed by atoms with Gasteiger partial charge in [-0.25, -0.2) is 4.79 Å². The van der Waals surface area contributed by atoms with Crippen LogP contribution in [0, 0.1) is 0 Å². The monoisotopic (exact) mass is 259 g/mol. The lowest BCUT2D eigenvalue weighted by Gasteiger charge is -2.03. The summed E-state index contributed by atoms with van der Waals surface area (Å²) >= 11 is 5.84. The van der Waals surface area contributed by atoms with Gasteiger partial charge in [0, 0.05) is 5.02 Å². The minimum Gasteiger partial charge on any atom is -0.397 e. The van der Waals surface area contributed by atoms with Crippen LogP contribution in [-0.2, 0) is 0 Å². The number of para-hydroxylation sites is 1. The first-order valence-electron chi connectivity index (χ1n) is 5.42. The smallest absolute Gasteiger partial charge is 0.331 e. The van der Waals surface area contributed by atoms with E-state index in [4.69, 9.17) is 17.3 Å². The number of nitrogens with two attached hydrogens (primary N) is 1. The molecule has 0 bridgehead atoms. The molecule has 0 aliphatic heterocycles. The molecule has 5 heteroatoms. The van der Waals surface area contributed by atoms with E-state index in [9.17, 15) is 4.79 Å². The molecule has 1 heterocycles. The van der Waals surface area contributed by atoms with E-state index in [2.05, 4.69) is 4.98 Å².